The number of rotatable bonds is 9. The molecule has 0 saturated carbocycles. The first-order valence-electron chi connectivity index (χ1n) is 11.9. The lowest BCUT2D eigenvalue weighted by Gasteiger charge is -2.15. The van der Waals surface area contributed by atoms with Crippen LogP contribution in [0.5, 0.6) is 0 Å². The Morgan fingerprint density at radius 2 is 1.62 bits per heavy atom. The van der Waals surface area contributed by atoms with Gasteiger partial charge in [0.25, 0.3) is 5.91 Å². The lowest BCUT2D eigenvalue weighted by atomic mass is 9.99. The van der Waals surface area contributed by atoms with Gasteiger partial charge in [0, 0.05) is 35.6 Å². The minimum Gasteiger partial charge on any atom is -0.481 e. The normalized spacial score (nSPS) is 11.2. The Morgan fingerprint density at radius 3 is 2.28 bits per heavy atom. The third-order valence-electron chi connectivity index (χ3n) is 5.91. The number of carbonyl (C=O) groups excluding carboxylic acids is 1. The van der Waals surface area contributed by atoms with E-state index in [1.165, 1.54) is 18.3 Å². The molecule has 0 radical (unpaired) electrons. The molecule has 6 nitrogen and oxygen atoms in total. The van der Waals surface area contributed by atoms with Gasteiger partial charge in [-0.15, -0.1) is 0 Å². The molecule has 0 unspecified atom stereocenters. The first-order valence-corrected chi connectivity index (χ1v) is 12.2. The summed E-state index contributed by atoms with van der Waals surface area (Å²) in [5, 5.41) is 15.0. The van der Waals surface area contributed by atoms with Gasteiger partial charge in [-0.1, -0.05) is 54.1 Å². The van der Waals surface area contributed by atoms with E-state index in [1.807, 2.05) is 6.07 Å². The number of aromatic nitrogens is 1. The summed E-state index contributed by atoms with van der Waals surface area (Å²) in [5.74, 6) is -1.49. The maximum Gasteiger partial charge on any atom is 0.417 e. The van der Waals surface area contributed by atoms with Crippen LogP contribution in [0.3, 0.4) is 0 Å². The summed E-state index contributed by atoms with van der Waals surface area (Å²) in [6.07, 6.45) is -3.10. The number of anilines is 1. The van der Waals surface area contributed by atoms with Crippen molar-refractivity contribution in [1.29, 1.82) is 0 Å². The highest BCUT2D eigenvalue weighted by Gasteiger charge is 2.33. The average Bonchev–Trinajstić information content (AvgIpc) is 2.92. The fourth-order valence-electron chi connectivity index (χ4n) is 3.98. The van der Waals surface area contributed by atoms with Gasteiger partial charge in [0.2, 0.25) is 0 Å². The Labute approximate surface area is 227 Å². The molecule has 0 saturated heterocycles. The van der Waals surface area contributed by atoms with Crippen LogP contribution in [0.4, 0.5) is 18.9 Å². The number of halogens is 4. The highest BCUT2D eigenvalue weighted by Crippen LogP contribution is 2.37. The van der Waals surface area contributed by atoms with Crippen molar-refractivity contribution in [2.75, 3.05) is 11.9 Å². The van der Waals surface area contributed by atoms with Crippen LogP contribution in [0.2, 0.25) is 5.02 Å². The molecule has 0 aliphatic heterocycles. The van der Waals surface area contributed by atoms with Crippen molar-refractivity contribution >= 4 is 29.2 Å². The SMILES string of the molecule is O=C(O)CCNC(=O)c1ccc(-c2cc(Cl)ccc2CNc2ccc(-c3ccccc3C(F)(F)F)cc2)cn1. The molecule has 3 N–H and O–H groups in total. The van der Waals surface area contributed by atoms with Gasteiger partial charge in [-0.2, -0.15) is 13.2 Å². The van der Waals surface area contributed by atoms with Crippen LogP contribution in [0, 0.1) is 0 Å². The molecule has 1 aromatic heterocycles. The molecular formula is C29H23ClF3N3O3. The van der Waals surface area contributed by atoms with E-state index in [2.05, 4.69) is 15.6 Å². The molecule has 10 heteroatoms. The highest BCUT2D eigenvalue weighted by atomic mass is 35.5. The van der Waals surface area contributed by atoms with Gasteiger partial charge in [-0.3, -0.25) is 14.6 Å². The average molecular weight is 554 g/mol. The van der Waals surface area contributed by atoms with E-state index in [1.54, 1.807) is 54.6 Å². The standard InChI is InChI=1S/C29H23ClF3N3O3/c30-21-9-5-19(24(15-21)20-8-12-26(36-17-20)28(39)34-14-13-27(37)38)16-35-22-10-6-18(7-11-22)23-3-1-2-4-25(23)29(31,32)33/h1-12,15,17,35H,13-14,16H2,(H,34,39)(H,37,38). The van der Waals surface area contributed by atoms with Gasteiger partial charge in [0.05, 0.1) is 12.0 Å². The predicted octanol–water partition coefficient (Wildman–Crippen LogP) is 6.90. The second-order valence-electron chi connectivity index (χ2n) is 8.61. The van der Waals surface area contributed by atoms with Crippen molar-refractivity contribution in [3.05, 3.63) is 107 Å². The molecule has 0 bridgehead atoms. The minimum absolute atomic E-state index is 0.00245. The van der Waals surface area contributed by atoms with E-state index in [0.29, 0.717) is 17.1 Å². The lowest BCUT2D eigenvalue weighted by molar-refractivity contribution is -0.137. The number of benzene rings is 3. The monoisotopic (exact) mass is 553 g/mol. The number of carboxylic acid groups (broad SMARTS) is 1. The van der Waals surface area contributed by atoms with Gasteiger partial charge >= 0.3 is 12.1 Å². The molecule has 1 heterocycles. The fourth-order valence-corrected chi connectivity index (χ4v) is 4.15. The summed E-state index contributed by atoms with van der Waals surface area (Å²) in [5.41, 5.74) is 3.14. The third-order valence-corrected chi connectivity index (χ3v) is 6.15. The smallest absolute Gasteiger partial charge is 0.417 e. The molecule has 0 atom stereocenters. The van der Waals surface area contributed by atoms with E-state index in [4.69, 9.17) is 16.7 Å². The minimum atomic E-state index is -4.45. The number of hydrogen-bond acceptors (Lipinski definition) is 4. The summed E-state index contributed by atoms with van der Waals surface area (Å²) >= 11 is 6.24. The maximum absolute atomic E-state index is 13.4. The number of hydrogen-bond donors (Lipinski definition) is 3. The Balaban J connectivity index is 1.48. The molecular weight excluding hydrogens is 531 g/mol. The van der Waals surface area contributed by atoms with Gasteiger partial charge in [-0.05, 0) is 58.7 Å². The number of carbonyl (C=O) groups is 2. The zero-order chi connectivity index (χ0) is 28.0. The molecule has 1 amide bonds. The molecule has 3 aromatic carbocycles. The van der Waals surface area contributed by atoms with E-state index in [9.17, 15) is 22.8 Å². The Morgan fingerprint density at radius 1 is 0.897 bits per heavy atom. The van der Waals surface area contributed by atoms with Gasteiger partial charge < -0.3 is 15.7 Å². The summed E-state index contributed by atoms with van der Waals surface area (Å²) in [4.78, 5) is 27.0. The number of nitrogens with one attached hydrogen (secondary N) is 2. The Bertz CT molecular complexity index is 1470. The maximum atomic E-state index is 13.4. The van der Waals surface area contributed by atoms with Crippen molar-refractivity contribution in [2.24, 2.45) is 0 Å². The van der Waals surface area contributed by atoms with E-state index < -0.39 is 23.6 Å². The number of carboxylic acids is 1. The van der Waals surface area contributed by atoms with Crippen LogP contribution in [0.15, 0.2) is 85.1 Å². The summed E-state index contributed by atoms with van der Waals surface area (Å²) in [6.45, 7) is 0.389. The fraction of sp³-hybridized carbons (Fsp3) is 0.138. The second-order valence-corrected chi connectivity index (χ2v) is 9.04. The molecule has 4 aromatic rings. The van der Waals surface area contributed by atoms with Crippen LogP contribution in [0.1, 0.15) is 28.0 Å². The quantitative estimate of drug-likeness (QED) is 0.210. The van der Waals surface area contributed by atoms with Crippen molar-refractivity contribution in [2.45, 2.75) is 19.1 Å². The van der Waals surface area contributed by atoms with Crippen LogP contribution in [-0.2, 0) is 17.5 Å². The van der Waals surface area contributed by atoms with Crippen molar-refractivity contribution in [1.82, 2.24) is 10.3 Å². The molecule has 39 heavy (non-hydrogen) atoms. The number of nitrogens with zero attached hydrogens (tertiary/aromatic N) is 1. The predicted molar refractivity (Wildman–Crippen MR) is 143 cm³/mol. The largest absolute Gasteiger partial charge is 0.481 e. The van der Waals surface area contributed by atoms with Crippen molar-refractivity contribution in [3.8, 4) is 22.3 Å². The van der Waals surface area contributed by atoms with E-state index >= 15 is 0 Å². The van der Waals surface area contributed by atoms with Gasteiger partial charge in [-0.25, -0.2) is 0 Å². The third kappa shape index (κ3) is 7.14. The first-order chi connectivity index (χ1) is 18.6. The van der Waals surface area contributed by atoms with Crippen LogP contribution >= 0.6 is 11.6 Å². The summed E-state index contributed by atoms with van der Waals surface area (Å²) in [6, 6.07) is 20.8. The number of pyridine rings is 1. The molecule has 200 valence electrons. The molecule has 0 spiro atoms. The van der Waals surface area contributed by atoms with Crippen LogP contribution in [-0.4, -0.2) is 28.5 Å². The molecule has 0 aliphatic carbocycles. The Kier molecular flexibility index (Phi) is 8.51. The van der Waals surface area contributed by atoms with Crippen molar-refractivity contribution < 1.29 is 27.9 Å². The molecule has 4 rings (SSSR count). The van der Waals surface area contributed by atoms with Crippen molar-refractivity contribution in [3.63, 3.8) is 0 Å². The Hall–Kier alpha value is -4.37. The zero-order valence-electron chi connectivity index (χ0n) is 20.4. The van der Waals surface area contributed by atoms with E-state index in [-0.39, 0.29) is 24.2 Å². The van der Waals surface area contributed by atoms with Gasteiger partial charge in [0.1, 0.15) is 5.69 Å². The summed E-state index contributed by atoms with van der Waals surface area (Å²) in [7, 11) is 0. The van der Waals surface area contributed by atoms with Crippen LogP contribution in [0.25, 0.3) is 22.3 Å². The molecule has 0 aliphatic rings. The second kappa shape index (κ2) is 12.0. The van der Waals surface area contributed by atoms with Crippen LogP contribution < -0.4 is 10.6 Å². The molecule has 0 fully saturated rings. The first kappa shape index (κ1) is 27.7. The van der Waals surface area contributed by atoms with Gasteiger partial charge in [0.15, 0.2) is 0 Å². The highest BCUT2D eigenvalue weighted by molar-refractivity contribution is 6.30. The zero-order valence-corrected chi connectivity index (χ0v) is 21.2. The lowest BCUT2D eigenvalue weighted by Crippen LogP contribution is -2.26. The number of amides is 1. The number of aliphatic carboxylic acids is 1. The topological polar surface area (TPSA) is 91.3 Å². The number of alkyl halides is 3. The summed E-state index contributed by atoms with van der Waals surface area (Å²) < 4.78 is 40.2. The van der Waals surface area contributed by atoms with E-state index in [0.717, 1.165) is 28.4 Å².